The number of amides is 2. The van der Waals surface area contributed by atoms with Crippen LogP contribution in [0, 0.1) is 0 Å². The van der Waals surface area contributed by atoms with Crippen LogP contribution in [0.2, 0.25) is 15.1 Å². The zero-order chi connectivity index (χ0) is 25.5. The Morgan fingerprint density at radius 3 is 2.21 bits per heavy atom. The van der Waals surface area contributed by atoms with Crippen molar-refractivity contribution < 1.29 is 18.0 Å². The van der Waals surface area contributed by atoms with Gasteiger partial charge in [0.25, 0.3) is 0 Å². The van der Waals surface area contributed by atoms with Crippen LogP contribution in [0.15, 0.2) is 42.5 Å². The summed E-state index contributed by atoms with van der Waals surface area (Å²) in [5.41, 5.74) is 1.07. The summed E-state index contributed by atoms with van der Waals surface area (Å²) in [5, 5.41) is 3.75. The minimum Gasteiger partial charge on any atom is -0.357 e. The first-order chi connectivity index (χ1) is 16.0. The molecule has 1 N–H and O–H groups in total. The van der Waals surface area contributed by atoms with Gasteiger partial charge in [0.2, 0.25) is 21.8 Å². The van der Waals surface area contributed by atoms with Gasteiger partial charge in [-0.3, -0.25) is 13.9 Å². The average Bonchev–Trinajstić information content (AvgIpc) is 2.78. The molecule has 0 aromatic heterocycles. The Morgan fingerprint density at radius 2 is 1.65 bits per heavy atom. The summed E-state index contributed by atoms with van der Waals surface area (Å²) in [6.07, 6.45) is 1.74. The normalized spacial score (nSPS) is 12.2. The van der Waals surface area contributed by atoms with Crippen LogP contribution in [0.3, 0.4) is 0 Å². The molecule has 2 aromatic carbocycles. The van der Waals surface area contributed by atoms with Gasteiger partial charge in [0.1, 0.15) is 6.04 Å². The number of likely N-dealkylation sites (N-methyl/N-ethyl adjacent to an activating group) is 1. The molecule has 0 spiro atoms. The molecule has 0 radical (unpaired) electrons. The number of carbonyl (C=O) groups excluding carboxylic acids is 2. The number of carbonyl (C=O) groups is 2. The van der Waals surface area contributed by atoms with E-state index in [9.17, 15) is 18.0 Å². The molecule has 2 rings (SSSR count). The van der Waals surface area contributed by atoms with Crippen LogP contribution in [0.4, 0.5) is 5.69 Å². The first-order valence-electron chi connectivity index (χ1n) is 10.7. The van der Waals surface area contributed by atoms with Crippen molar-refractivity contribution in [2.75, 3.05) is 24.2 Å². The molecule has 7 nitrogen and oxygen atoms in total. The van der Waals surface area contributed by atoms with E-state index in [-0.39, 0.29) is 48.5 Å². The van der Waals surface area contributed by atoms with Crippen LogP contribution in [0.5, 0.6) is 0 Å². The van der Waals surface area contributed by atoms with Gasteiger partial charge in [0, 0.05) is 36.6 Å². The fourth-order valence-electron chi connectivity index (χ4n) is 3.53. The SMILES string of the molecule is CC[C@@H](C(=O)NC)N(Cc1ccc(Cl)cc1)C(=O)CCCN(c1cc(Cl)ccc1Cl)S(C)(=O)=O. The molecule has 186 valence electrons. The monoisotopic (exact) mass is 547 g/mol. The quantitative estimate of drug-likeness (QED) is 0.439. The number of benzene rings is 2. The molecule has 34 heavy (non-hydrogen) atoms. The Balaban J connectivity index is 2.21. The molecule has 0 saturated carbocycles. The first-order valence-corrected chi connectivity index (χ1v) is 13.6. The molecule has 2 aromatic rings. The fraction of sp³-hybridized carbons (Fsp3) is 0.391. The summed E-state index contributed by atoms with van der Waals surface area (Å²) in [5.74, 6) is -0.538. The molecule has 2 amide bonds. The van der Waals surface area contributed by atoms with Gasteiger partial charge in [-0.2, -0.15) is 0 Å². The third kappa shape index (κ3) is 7.77. The minimum atomic E-state index is -3.68. The molecule has 0 bridgehead atoms. The van der Waals surface area contributed by atoms with Crippen LogP contribution >= 0.6 is 34.8 Å². The molecule has 1 atom stereocenters. The van der Waals surface area contributed by atoms with Crippen molar-refractivity contribution in [3.63, 3.8) is 0 Å². The molecule has 11 heteroatoms. The molecule has 0 aliphatic carbocycles. The third-order valence-corrected chi connectivity index (χ3v) is 7.21. The largest absolute Gasteiger partial charge is 0.357 e. The number of sulfonamides is 1. The Bertz CT molecular complexity index is 1110. The van der Waals surface area contributed by atoms with Gasteiger partial charge in [0.05, 0.1) is 17.0 Å². The molecule has 0 fully saturated rings. The van der Waals surface area contributed by atoms with E-state index >= 15 is 0 Å². The van der Waals surface area contributed by atoms with Crippen molar-refractivity contribution >= 4 is 62.3 Å². The second-order valence-electron chi connectivity index (χ2n) is 7.72. The summed E-state index contributed by atoms with van der Waals surface area (Å²) in [6, 6.07) is 10.9. The predicted octanol–water partition coefficient (Wildman–Crippen LogP) is 4.75. The molecule has 0 unspecified atom stereocenters. The number of nitrogens with one attached hydrogen (secondary N) is 1. The van der Waals surface area contributed by atoms with E-state index in [1.165, 1.54) is 24.1 Å². The van der Waals surface area contributed by atoms with E-state index in [0.717, 1.165) is 16.1 Å². The van der Waals surface area contributed by atoms with E-state index < -0.39 is 16.1 Å². The van der Waals surface area contributed by atoms with Crippen molar-refractivity contribution in [3.8, 4) is 0 Å². The molecule has 0 aliphatic heterocycles. The smallest absolute Gasteiger partial charge is 0.242 e. The van der Waals surface area contributed by atoms with E-state index in [2.05, 4.69) is 5.32 Å². The Morgan fingerprint density at radius 1 is 1.03 bits per heavy atom. The average molecular weight is 549 g/mol. The van der Waals surface area contributed by atoms with Crippen molar-refractivity contribution in [2.24, 2.45) is 0 Å². The second-order valence-corrected chi connectivity index (χ2v) is 10.9. The minimum absolute atomic E-state index is 0.0240. The van der Waals surface area contributed by atoms with Gasteiger partial charge in [-0.15, -0.1) is 0 Å². The van der Waals surface area contributed by atoms with Crippen LogP contribution in [0.25, 0.3) is 0 Å². The van der Waals surface area contributed by atoms with Gasteiger partial charge in [-0.25, -0.2) is 8.42 Å². The maximum absolute atomic E-state index is 13.2. The maximum Gasteiger partial charge on any atom is 0.242 e. The van der Waals surface area contributed by atoms with E-state index in [0.29, 0.717) is 16.5 Å². The summed E-state index contributed by atoms with van der Waals surface area (Å²) < 4.78 is 26.0. The lowest BCUT2D eigenvalue weighted by atomic mass is 10.1. The van der Waals surface area contributed by atoms with Crippen molar-refractivity contribution in [3.05, 3.63) is 63.1 Å². The van der Waals surface area contributed by atoms with Crippen molar-refractivity contribution in [2.45, 2.75) is 38.8 Å². The number of anilines is 1. The summed E-state index contributed by atoms with van der Waals surface area (Å²) in [4.78, 5) is 27.2. The number of halogens is 3. The van der Waals surface area contributed by atoms with E-state index in [4.69, 9.17) is 34.8 Å². The maximum atomic E-state index is 13.2. The van der Waals surface area contributed by atoms with Crippen molar-refractivity contribution in [1.29, 1.82) is 0 Å². The van der Waals surface area contributed by atoms with Crippen LogP contribution < -0.4 is 9.62 Å². The van der Waals surface area contributed by atoms with Gasteiger partial charge in [-0.05, 0) is 48.7 Å². The molecule has 0 heterocycles. The second kappa shape index (κ2) is 12.6. The summed E-state index contributed by atoms with van der Waals surface area (Å²) in [6.45, 7) is 2.07. The fourth-order valence-corrected chi connectivity index (χ4v) is 5.06. The third-order valence-electron chi connectivity index (χ3n) is 5.23. The number of nitrogens with zero attached hydrogens (tertiary/aromatic N) is 2. The lowest BCUT2D eigenvalue weighted by molar-refractivity contribution is -0.141. The Hall–Kier alpha value is -2.00. The molecule has 0 aliphatic rings. The van der Waals surface area contributed by atoms with Gasteiger partial charge in [0.15, 0.2) is 0 Å². The Kier molecular flexibility index (Phi) is 10.5. The van der Waals surface area contributed by atoms with E-state index in [1.54, 1.807) is 30.3 Å². The van der Waals surface area contributed by atoms with Crippen molar-refractivity contribution in [1.82, 2.24) is 10.2 Å². The highest BCUT2D eigenvalue weighted by Gasteiger charge is 2.28. The van der Waals surface area contributed by atoms with E-state index in [1.807, 2.05) is 6.92 Å². The lowest BCUT2D eigenvalue weighted by Gasteiger charge is -2.31. The predicted molar refractivity (Wildman–Crippen MR) is 138 cm³/mol. The zero-order valence-corrected chi connectivity index (χ0v) is 22.3. The van der Waals surface area contributed by atoms with Crippen LogP contribution in [0.1, 0.15) is 31.7 Å². The first kappa shape index (κ1) is 28.2. The number of hydrogen-bond donors (Lipinski definition) is 1. The van der Waals surface area contributed by atoms with Gasteiger partial charge in [-0.1, -0.05) is 53.9 Å². The zero-order valence-electron chi connectivity index (χ0n) is 19.2. The number of rotatable bonds is 11. The Labute approximate surface area is 216 Å². The highest BCUT2D eigenvalue weighted by Crippen LogP contribution is 2.31. The van der Waals surface area contributed by atoms with Crippen LogP contribution in [-0.2, 0) is 26.2 Å². The molecular weight excluding hydrogens is 521 g/mol. The summed E-state index contributed by atoms with van der Waals surface area (Å²) in [7, 11) is -2.16. The van der Waals surface area contributed by atoms with Gasteiger partial charge >= 0.3 is 0 Å². The highest BCUT2D eigenvalue weighted by atomic mass is 35.5. The van der Waals surface area contributed by atoms with Gasteiger partial charge < -0.3 is 10.2 Å². The van der Waals surface area contributed by atoms with Crippen LogP contribution in [-0.4, -0.2) is 51.0 Å². The number of hydrogen-bond acceptors (Lipinski definition) is 4. The lowest BCUT2D eigenvalue weighted by Crippen LogP contribution is -2.48. The highest BCUT2D eigenvalue weighted by molar-refractivity contribution is 7.92. The molecule has 0 saturated heterocycles. The standard InChI is InChI=1S/C23H28Cl3N3O4S/c1-4-20(23(31)27-2)28(15-16-7-9-17(24)10-8-16)22(30)6-5-13-29(34(3,32)33)21-14-18(25)11-12-19(21)26/h7-12,14,20H,4-6,13,15H2,1-3H3,(H,27,31)/t20-/m0/s1. The molecular formula is C23H28Cl3N3O4S. The topological polar surface area (TPSA) is 86.8 Å². The summed E-state index contributed by atoms with van der Waals surface area (Å²) >= 11 is 18.2.